The van der Waals surface area contributed by atoms with Crippen LogP contribution < -0.4 is 5.32 Å². The molecule has 0 atom stereocenters. The van der Waals surface area contributed by atoms with Crippen molar-refractivity contribution in [1.82, 2.24) is 19.3 Å². The molecule has 0 saturated carbocycles. The van der Waals surface area contributed by atoms with Gasteiger partial charge in [0.2, 0.25) is 5.91 Å². The van der Waals surface area contributed by atoms with Crippen LogP contribution in [-0.4, -0.2) is 30.3 Å². The number of carbonyl (C=O) groups is 1. The van der Waals surface area contributed by atoms with E-state index < -0.39 is 0 Å². The first-order valence-electron chi connectivity index (χ1n) is 8.21. The molecule has 0 aliphatic rings. The van der Waals surface area contributed by atoms with Crippen LogP contribution in [0.25, 0.3) is 11.0 Å². The van der Waals surface area contributed by atoms with Crippen molar-refractivity contribution in [2.75, 3.05) is 5.32 Å². The zero-order chi connectivity index (χ0) is 18.2. The molecule has 0 aliphatic carbocycles. The highest BCUT2D eigenvalue weighted by Crippen LogP contribution is 2.22. The van der Waals surface area contributed by atoms with Crippen LogP contribution in [0.5, 0.6) is 0 Å². The van der Waals surface area contributed by atoms with Gasteiger partial charge in [-0.1, -0.05) is 12.1 Å². The Balaban J connectivity index is 1.87. The van der Waals surface area contributed by atoms with E-state index >= 15 is 0 Å². The molecular formula is C18H23N5O2. The van der Waals surface area contributed by atoms with Gasteiger partial charge >= 0.3 is 0 Å². The lowest BCUT2D eigenvalue weighted by molar-refractivity contribution is -0.116. The van der Waals surface area contributed by atoms with Crippen molar-refractivity contribution in [2.45, 2.75) is 46.4 Å². The van der Waals surface area contributed by atoms with Gasteiger partial charge in [0, 0.05) is 6.07 Å². The molecule has 0 unspecified atom stereocenters. The van der Waals surface area contributed by atoms with E-state index in [4.69, 9.17) is 0 Å². The predicted octanol–water partition coefficient (Wildman–Crippen LogP) is 2.43. The van der Waals surface area contributed by atoms with Crippen LogP contribution in [0.1, 0.15) is 32.3 Å². The summed E-state index contributed by atoms with van der Waals surface area (Å²) in [5, 5.41) is 16.9. The fourth-order valence-electron chi connectivity index (χ4n) is 2.85. The number of aryl methyl sites for hydroxylation is 1. The number of nitrogens with zero attached hydrogens (tertiary/aromatic N) is 4. The average molecular weight is 341 g/mol. The monoisotopic (exact) mass is 341 g/mol. The maximum atomic E-state index is 12.6. The largest absolute Gasteiger partial charge is 0.388 e. The van der Waals surface area contributed by atoms with Gasteiger partial charge in [0.25, 0.3) is 0 Å². The van der Waals surface area contributed by atoms with Crippen molar-refractivity contribution in [3.63, 3.8) is 0 Å². The van der Waals surface area contributed by atoms with Gasteiger partial charge in [0.15, 0.2) is 0 Å². The molecule has 3 aromatic rings. The van der Waals surface area contributed by atoms with Gasteiger partial charge in [-0.05, 0) is 39.8 Å². The topological polar surface area (TPSA) is 85.0 Å². The van der Waals surface area contributed by atoms with Crippen LogP contribution in [0.2, 0.25) is 0 Å². The molecule has 0 fully saturated rings. The van der Waals surface area contributed by atoms with E-state index in [0.717, 1.165) is 16.7 Å². The van der Waals surface area contributed by atoms with E-state index in [9.17, 15) is 9.90 Å². The van der Waals surface area contributed by atoms with E-state index in [1.807, 2.05) is 58.0 Å². The predicted molar refractivity (Wildman–Crippen MR) is 96.2 cm³/mol. The smallest absolute Gasteiger partial charge is 0.245 e. The minimum absolute atomic E-state index is 0.0742. The number of carbonyl (C=O) groups excluding carboxylic acids is 1. The zero-order valence-corrected chi connectivity index (χ0v) is 14.9. The highest BCUT2D eigenvalue weighted by Gasteiger charge is 2.20. The summed E-state index contributed by atoms with van der Waals surface area (Å²) in [6, 6.07) is 9.37. The second-order valence-electron chi connectivity index (χ2n) is 7.06. The number of hydrogen-bond acceptors (Lipinski definition) is 4. The number of anilines is 1. The van der Waals surface area contributed by atoms with Gasteiger partial charge in [-0.25, -0.2) is 9.67 Å². The molecule has 2 heterocycles. The molecule has 3 rings (SSSR count). The first-order chi connectivity index (χ1) is 11.8. The van der Waals surface area contributed by atoms with Crippen molar-refractivity contribution in [3.8, 4) is 0 Å². The zero-order valence-electron chi connectivity index (χ0n) is 14.9. The summed E-state index contributed by atoms with van der Waals surface area (Å²) >= 11 is 0. The maximum Gasteiger partial charge on any atom is 0.245 e. The third-order valence-corrected chi connectivity index (χ3v) is 3.91. The summed E-state index contributed by atoms with van der Waals surface area (Å²) in [6.07, 6.45) is 0. The highest BCUT2D eigenvalue weighted by molar-refractivity contribution is 5.91. The van der Waals surface area contributed by atoms with E-state index in [1.54, 1.807) is 9.25 Å². The molecule has 2 N–H and O–H groups in total. The number of fused-ring (bicyclic) bond motifs is 1. The van der Waals surface area contributed by atoms with Crippen LogP contribution in [0, 0.1) is 6.92 Å². The van der Waals surface area contributed by atoms with Gasteiger partial charge < -0.3 is 15.0 Å². The molecule has 0 spiro atoms. The molecule has 7 heteroatoms. The molecular weight excluding hydrogens is 318 g/mol. The van der Waals surface area contributed by atoms with Gasteiger partial charge in [-0.15, -0.1) is 0 Å². The van der Waals surface area contributed by atoms with Gasteiger partial charge in [0.1, 0.15) is 24.8 Å². The number of nitrogens with one attached hydrogen (secondary N) is 1. The lowest BCUT2D eigenvalue weighted by Crippen LogP contribution is -2.28. The number of aromatic nitrogens is 4. The number of para-hydroxylation sites is 2. The summed E-state index contributed by atoms with van der Waals surface area (Å²) in [7, 11) is 0. The van der Waals surface area contributed by atoms with Crippen molar-refractivity contribution >= 4 is 22.8 Å². The maximum absolute atomic E-state index is 12.6. The van der Waals surface area contributed by atoms with Gasteiger partial charge in [-0.3, -0.25) is 4.79 Å². The Bertz CT molecular complexity index is 917. The summed E-state index contributed by atoms with van der Waals surface area (Å²) in [4.78, 5) is 17.0. The molecule has 0 radical (unpaired) electrons. The van der Waals surface area contributed by atoms with Crippen LogP contribution in [0.15, 0.2) is 30.3 Å². The lowest BCUT2D eigenvalue weighted by Gasteiger charge is -2.22. The van der Waals surface area contributed by atoms with Crippen molar-refractivity contribution < 1.29 is 9.90 Å². The summed E-state index contributed by atoms with van der Waals surface area (Å²) in [5.74, 6) is 0.935. The first-order valence-corrected chi connectivity index (χ1v) is 8.21. The quantitative estimate of drug-likeness (QED) is 0.763. The second-order valence-corrected chi connectivity index (χ2v) is 7.06. The number of imidazole rings is 1. The molecule has 1 aromatic carbocycles. The molecule has 0 saturated heterocycles. The fraction of sp³-hybridized carbons (Fsp3) is 0.389. The van der Waals surface area contributed by atoms with Crippen molar-refractivity contribution in [3.05, 3.63) is 41.9 Å². The Kier molecular flexibility index (Phi) is 4.34. The Morgan fingerprint density at radius 1 is 1.28 bits per heavy atom. The Morgan fingerprint density at radius 2 is 2.00 bits per heavy atom. The molecule has 25 heavy (non-hydrogen) atoms. The Morgan fingerprint density at radius 3 is 2.68 bits per heavy atom. The normalized spacial score (nSPS) is 11.9. The molecule has 132 valence electrons. The minimum Gasteiger partial charge on any atom is -0.388 e. The Labute approximate surface area is 146 Å². The number of hydrogen-bond donors (Lipinski definition) is 2. The Hall–Kier alpha value is -2.67. The lowest BCUT2D eigenvalue weighted by atomic mass is 10.1. The summed E-state index contributed by atoms with van der Waals surface area (Å²) in [6.45, 7) is 7.84. The van der Waals surface area contributed by atoms with Crippen molar-refractivity contribution in [2.24, 2.45) is 0 Å². The summed E-state index contributed by atoms with van der Waals surface area (Å²) < 4.78 is 3.54. The van der Waals surface area contributed by atoms with Crippen LogP contribution in [0.3, 0.4) is 0 Å². The van der Waals surface area contributed by atoms with Crippen LogP contribution in [0.4, 0.5) is 5.82 Å². The molecule has 1 amide bonds. The fourth-order valence-corrected chi connectivity index (χ4v) is 2.85. The van der Waals surface area contributed by atoms with Crippen molar-refractivity contribution in [1.29, 1.82) is 0 Å². The minimum atomic E-state index is -0.241. The van der Waals surface area contributed by atoms with Crippen LogP contribution >= 0.6 is 0 Å². The molecule has 2 aromatic heterocycles. The number of aliphatic hydroxyl groups is 1. The number of benzene rings is 1. The number of rotatable bonds is 4. The average Bonchev–Trinajstić information content (AvgIpc) is 3.08. The molecule has 7 nitrogen and oxygen atoms in total. The SMILES string of the molecule is Cc1cc(NC(=O)Cn2c(CO)nc3ccccc32)n(C(C)(C)C)n1. The second kappa shape index (κ2) is 6.33. The third-order valence-electron chi connectivity index (χ3n) is 3.91. The van der Waals surface area contributed by atoms with E-state index in [-0.39, 0.29) is 24.6 Å². The van der Waals surface area contributed by atoms with E-state index in [2.05, 4.69) is 15.4 Å². The number of amides is 1. The van der Waals surface area contributed by atoms with Gasteiger partial charge in [-0.2, -0.15) is 5.10 Å². The first kappa shape index (κ1) is 17.2. The number of aliphatic hydroxyl groups excluding tert-OH is 1. The van der Waals surface area contributed by atoms with E-state index in [1.165, 1.54) is 0 Å². The molecule has 0 aliphatic heterocycles. The standard InChI is InChI=1S/C18H23N5O2/c1-12-9-15(23(21-12)18(2,3)4)20-17(25)10-22-14-8-6-5-7-13(14)19-16(22)11-24/h5-9,24H,10-11H2,1-4H3,(H,20,25). The van der Waals surface area contributed by atoms with E-state index in [0.29, 0.717) is 11.6 Å². The van der Waals surface area contributed by atoms with Gasteiger partial charge in [0.05, 0.1) is 22.3 Å². The molecule has 0 bridgehead atoms. The van der Waals surface area contributed by atoms with Crippen LogP contribution in [-0.2, 0) is 23.5 Å². The highest BCUT2D eigenvalue weighted by atomic mass is 16.3. The third kappa shape index (κ3) is 3.41. The summed E-state index contributed by atoms with van der Waals surface area (Å²) in [5.41, 5.74) is 2.18.